The van der Waals surface area contributed by atoms with E-state index in [1.54, 1.807) is 13.0 Å². The lowest BCUT2D eigenvalue weighted by Crippen LogP contribution is -2.49. The number of aliphatic hydroxyl groups is 2. The summed E-state index contributed by atoms with van der Waals surface area (Å²) in [6, 6.07) is 0. The van der Waals surface area contributed by atoms with Crippen molar-refractivity contribution in [2.45, 2.75) is 59.0 Å². The highest BCUT2D eigenvalue weighted by Gasteiger charge is 2.58. The van der Waals surface area contributed by atoms with Crippen molar-refractivity contribution in [3.63, 3.8) is 0 Å². The average Bonchev–Trinajstić information content (AvgIpc) is 3.12. The Kier molecular flexibility index (Phi) is 5.35. The standard InChI is InChI=1S/C17H20O7.C2H6/c1-5-9-8(2)14(20)17(7-16(9,3)4)22-6-10(24-17)13-11(18)12(19)15(21)23-13;1-2/h5,10,13,18-19H,1,6-7H2,2-4H3;1-2H3. The molecule has 7 nitrogen and oxygen atoms in total. The summed E-state index contributed by atoms with van der Waals surface area (Å²) in [6.45, 7) is 13.3. The van der Waals surface area contributed by atoms with Gasteiger partial charge in [0.05, 0.1) is 6.61 Å². The number of allylic oxidation sites excluding steroid dienone is 2. The molecule has 0 amide bonds. The molecular weight excluding hydrogens is 340 g/mol. The Balaban J connectivity index is 0.00000117. The summed E-state index contributed by atoms with van der Waals surface area (Å²) in [7, 11) is 0. The monoisotopic (exact) mass is 366 g/mol. The van der Waals surface area contributed by atoms with Crippen molar-refractivity contribution in [2.24, 2.45) is 5.41 Å². The summed E-state index contributed by atoms with van der Waals surface area (Å²) in [6.07, 6.45) is -0.127. The summed E-state index contributed by atoms with van der Waals surface area (Å²) >= 11 is 0. The molecule has 7 heteroatoms. The molecule has 1 fully saturated rings. The van der Waals surface area contributed by atoms with Crippen LogP contribution in [0.25, 0.3) is 0 Å². The zero-order valence-corrected chi connectivity index (χ0v) is 15.8. The summed E-state index contributed by atoms with van der Waals surface area (Å²) in [5.74, 6) is -4.27. The van der Waals surface area contributed by atoms with Crippen LogP contribution in [0.1, 0.15) is 41.0 Å². The number of hydrogen-bond acceptors (Lipinski definition) is 7. The minimum absolute atomic E-state index is 0.0478. The molecule has 3 aliphatic rings. The second-order valence-electron chi connectivity index (χ2n) is 6.91. The Morgan fingerprint density at radius 1 is 1.23 bits per heavy atom. The highest BCUT2D eigenvalue weighted by atomic mass is 16.8. The number of rotatable bonds is 2. The molecule has 0 aromatic rings. The van der Waals surface area contributed by atoms with Crippen LogP contribution >= 0.6 is 0 Å². The average molecular weight is 366 g/mol. The Morgan fingerprint density at radius 2 is 1.85 bits per heavy atom. The SMILES string of the molecule is C=CC1=C(C)C(=O)C2(CC1(C)C)OCC(C1OC(=O)C(O)=C1O)O2.CC. The second kappa shape index (κ2) is 6.89. The van der Waals surface area contributed by atoms with Gasteiger partial charge in [0, 0.05) is 12.0 Å². The van der Waals surface area contributed by atoms with Gasteiger partial charge in [-0.05, 0) is 17.9 Å². The van der Waals surface area contributed by atoms with E-state index in [2.05, 4.69) is 6.58 Å². The van der Waals surface area contributed by atoms with Gasteiger partial charge in [0.25, 0.3) is 0 Å². The summed E-state index contributed by atoms with van der Waals surface area (Å²) in [4.78, 5) is 24.1. The van der Waals surface area contributed by atoms with E-state index in [4.69, 9.17) is 14.2 Å². The molecule has 26 heavy (non-hydrogen) atoms. The van der Waals surface area contributed by atoms with Gasteiger partial charge in [-0.1, -0.05) is 40.3 Å². The van der Waals surface area contributed by atoms with E-state index in [1.807, 2.05) is 27.7 Å². The molecule has 2 N–H and O–H groups in total. The molecule has 3 atom stereocenters. The maximum absolute atomic E-state index is 12.8. The smallest absolute Gasteiger partial charge is 0.377 e. The van der Waals surface area contributed by atoms with Crippen molar-refractivity contribution in [1.29, 1.82) is 0 Å². The number of ketones is 1. The van der Waals surface area contributed by atoms with Gasteiger partial charge in [-0.3, -0.25) is 4.79 Å². The third kappa shape index (κ3) is 2.95. The zero-order chi connectivity index (χ0) is 19.9. The summed E-state index contributed by atoms with van der Waals surface area (Å²) in [5, 5.41) is 19.2. The molecule has 0 radical (unpaired) electrons. The number of cyclic esters (lactones) is 1. The fourth-order valence-corrected chi connectivity index (χ4v) is 3.71. The maximum Gasteiger partial charge on any atom is 0.377 e. The second-order valence-corrected chi connectivity index (χ2v) is 6.91. The first-order chi connectivity index (χ1) is 12.1. The van der Waals surface area contributed by atoms with Crippen molar-refractivity contribution >= 4 is 11.8 Å². The molecule has 2 aliphatic heterocycles. The van der Waals surface area contributed by atoms with Gasteiger partial charge in [0.2, 0.25) is 17.3 Å². The highest BCUT2D eigenvalue weighted by molar-refractivity contribution is 6.03. The highest BCUT2D eigenvalue weighted by Crippen LogP contribution is 2.48. The van der Waals surface area contributed by atoms with E-state index in [9.17, 15) is 19.8 Å². The van der Waals surface area contributed by atoms with Crippen molar-refractivity contribution < 1.29 is 34.0 Å². The molecule has 3 unspecified atom stereocenters. The van der Waals surface area contributed by atoms with Crippen LogP contribution in [-0.2, 0) is 23.8 Å². The third-order valence-electron chi connectivity index (χ3n) is 4.80. The lowest BCUT2D eigenvalue weighted by Gasteiger charge is -2.41. The van der Waals surface area contributed by atoms with Crippen LogP contribution in [-0.4, -0.2) is 46.6 Å². The van der Waals surface area contributed by atoms with Crippen LogP contribution in [0.2, 0.25) is 0 Å². The zero-order valence-electron chi connectivity index (χ0n) is 15.8. The van der Waals surface area contributed by atoms with Crippen molar-refractivity contribution in [2.75, 3.05) is 6.61 Å². The lowest BCUT2D eigenvalue weighted by molar-refractivity contribution is -0.199. The quantitative estimate of drug-likeness (QED) is 0.724. The van der Waals surface area contributed by atoms with Crippen LogP contribution in [0.5, 0.6) is 0 Å². The third-order valence-corrected chi connectivity index (χ3v) is 4.80. The van der Waals surface area contributed by atoms with Crippen molar-refractivity contribution in [1.82, 2.24) is 0 Å². The van der Waals surface area contributed by atoms with Gasteiger partial charge in [0.1, 0.15) is 6.10 Å². The Hall–Kier alpha value is -2.12. The van der Waals surface area contributed by atoms with Crippen LogP contribution in [0.4, 0.5) is 0 Å². The number of ether oxygens (including phenoxy) is 3. The molecule has 0 aromatic carbocycles. The van der Waals surface area contributed by atoms with E-state index in [1.165, 1.54) is 0 Å². The topological polar surface area (TPSA) is 102 Å². The van der Waals surface area contributed by atoms with Crippen LogP contribution in [0.3, 0.4) is 0 Å². The molecule has 1 spiro atoms. The first-order valence-corrected chi connectivity index (χ1v) is 8.66. The number of hydrogen-bond donors (Lipinski definition) is 2. The number of carbonyl (C=O) groups excluding carboxylic acids is 2. The molecule has 0 bridgehead atoms. The summed E-state index contributed by atoms with van der Waals surface area (Å²) in [5.41, 5.74) is 0.940. The molecule has 1 aliphatic carbocycles. The molecule has 0 aromatic heterocycles. The number of Topliss-reactive ketones (excluding diaryl/α,β-unsaturated/α-hetero) is 1. The van der Waals surface area contributed by atoms with Gasteiger partial charge >= 0.3 is 5.97 Å². The molecule has 144 valence electrons. The fourth-order valence-electron chi connectivity index (χ4n) is 3.71. The number of esters is 1. The van der Waals surface area contributed by atoms with Crippen LogP contribution < -0.4 is 0 Å². The van der Waals surface area contributed by atoms with Crippen LogP contribution in [0, 0.1) is 5.41 Å². The Labute approximate surface area is 152 Å². The molecule has 1 saturated heterocycles. The number of aliphatic hydroxyl groups excluding tert-OH is 2. The number of carbonyl (C=O) groups is 2. The summed E-state index contributed by atoms with van der Waals surface area (Å²) < 4.78 is 16.4. The van der Waals surface area contributed by atoms with Crippen molar-refractivity contribution in [3.05, 3.63) is 35.3 Å². The molecule has 2 heterocycles. The normalized spacial score (nSPS) is 33.3. The first kappa shape index (κ1) is 20.2. The van der Waals surface area contributed by atoms with Gasteiger partial charge in [0.15, 0.2) is 11.9 Å². The van der Waals surface area contributed by atoms with E-state index in [-0.39, 0.29) is 18.8 Å². The van der Waals surface area contributed by atoms with E-state index >= 15 is 0 Å². The Bertz CT molecular complexity index is 701. The first-order valence-electron chi connectivity index (χ1n) is 8.66. The molecule has 0 saturated carbocycles. The predicted molar refractivity (Wildman–Crippen MR) is 93.4 cm³/mol. The van der Waals surface area contributed by atoms with Gasteiger partial charge in [-0.2, -0.15) is 0 Å². The van der Waals surface area contributed by atoms with Gasteiger partial charge in [-0.15, -0.1) is 0 Å². The molecule has 3 rings (SSSR count). The van der Waals surface area contributed by atoms with E-state index in [0.29, 0.717) is 5.57 Å². The van der Waals surface area contributed by atoms with Gasteiger partial charge in [-0.25, -0.2) is 4.79 Å². The minimum atomic E-state index is -1.49. The maximum atomic E-state index is 12.8. The van der Waals surface area contributed by atoms with Crippen LogP contribution in [0.15, 0.2) is 35.3 Å². The van der Waals surface area contributed by atoms with E-state index in [0.717, 1.165) is 5.57 Å². The Morgan fingerprint density at radius 3 is 2.35 bits per heavy atom. The molecular formula is C19H26O7. The van der Waals surface area contributed by atoms with Gasteiger partial charge < -0.3 is 24.4 Å². The fraction of sp³-hybridized carbons (Fsp3) is 0.579. The van der Waals surface area contributed by atoms with Crippen molar-refractivity contribution in [3.8, 4) is 0 Å². The lowest BCUT2D eigenvalue weighted by atomic mass is 9.69. The largest absolute Gasteiger partial charge is 0.505 e. The predicted octanol–water partition coefficient (Wildman–Crippen LogP) is 2.88. The van der Waals surface area contributed by atoms with E-state index < -0.39 is 40.9 Å². The minimum Gasteiger partial charge on any atom is -0.505 e.